The molecule has 0 spiro atoms. The summed E-state index contributed by atoms with van der Waals surface area (Å²) in [6, 6.07) is 0. The molecule has 0 saturated carbocycles. The van der Waals surface area contributed by atoms with E-state index < -0.39 is 5.60 Å². The van der Waals surface area contributed by atoms with E-state index in [-0.39, 0.29) is 12.0 Å². The van der Waals surface area contributed by atoms with Gasteiger partial charge in [-0.25, -0.2) is 4.79 Å². The third kappa shape index (κ3) is 6.55. The zero-order valence-electron chi connectivity index (χ0n) is 17.4. The molecule has 0 aliphatic carbocycles. The van der Waals surface area contributed by atoms with E-state index in [1.165, 1.54) is 6.08 Å². The van der Waals surface area contributed by atoms with Crippen LogP contribution in [-0.4, -0.2) is 51.9 Å². The fourth-order valence-corrected chi connectivity index (χ4v) is 3.48. The normalized spacial score (nSPS) is 17.8. The van der Waals surface area contributed by atoms with Gasteiger partial charge in [0.15, 0.2) is 0 Å². The highest BCUT2D eigenvalue weighted by atomic mass is 35.5. The molecule has 1 aliphatic heterocycles. The lowest BCUT2D eigenvalue weighted by Gasteiger charge is -2.34. The molecule has 1 unspecified atom stereocenters. The summed E-state index contributed by atoms with van der Waals surface area (Å²) in [6.07, 6.45) is 5.74. The number of piperidine rings is 1. The number of aromatic nitrogens is 2. The van der Waals surface area contributed by atoms with Crippen LogP contribution in [0.5, 0.6) is 0 Å². The highest BCUT2D eigenvalue weighted by Crippen LogP contribution is 2.22. The molecule has 1 saturated heterocycles. The maximum absolute atomic E-state index is 12.2. The molecule has 1 fully saturated rings. The van der Waals surface area contributed by atoms with Gasteiger partial charge >= 0.3 is 6.09 Å². The van der Waals surface area contributed by atoms with Crippen molar-refractivity contribution in [3.8, 4) is 0 Å². The van der Waals surface area contributed by atoms with Crippen LogP contribution in [0.25, 0.3) is 6.08 Å². The van der Waals surface area contributed by atoms with E-state index in [4.69, 9.17) is 16.3 Å². The Morgan fingerprint density at radius 1 is 1.39 bits per heavy atom. The third-order valence-electron chi connectivity index (χ3n) is 4.62. The summed E-state index contributed by atoms with van der Waals surface area (Å²) >= 11 is 6.16. The Kier molecular flexibility index (Phi) is 7.52. The molecular weight excluding hydrogens is 380 g/mol. The number of nitrogens with one attached hydrogen (secondary N) is 1. The van der Waals surface area contributed by atoms with Gasteiger partial charge in [0.1, 0.15) is 10.8 Å². The van der Waals surface area contributed by atoms with Gasteiger partial charge in [0.2, 0.25) is 5.91 Å². The Bertz CT molecular complexity index is 737. The number of amides is 2. The molecule has 2 amide bonds. The van der Waals surface area contributed by atoms with Crippen LogP contribution in [0.1, 0.15) is 51.3 Å². The highest BCUT2D eigenvalue weighted by molar-refractivity contribution is 6.31. The zero-order chi connectivity index (χ0) is 20.9. The van der Waals surface area contributed by atoms with E-state index in [0.29, 0.717) is 24.2 Å². The van der Waals surface area contributed by atoms with Crippen LogP contribution >= 0.6 is 11.6 Å². The van der Waals surface area contributed by atoms with E-state index in [2.05, 4.69) is 10.4 Å². The molecule has 1 aromatic heterocycles. The Morgan fingerprint density at radius 2 is 2.11 bits per heavy atom. The maximum atomic E-state index is 12.2. The van der Waals surface area contributed by atoms with Gasteiger partial charge in [-0.15, -0.1) is 0 Å². The van der Waals surface area contributed by atoms with Crippen molar-refractivity contribution >= 4 is 29.7 Å². The van der Waals surface area contributed by atoms with Crippen LogP contribution in [-0.2, 0) is 16.6 Å². The largest absolute Gasteiger partial charge is 0.444 e. The minimum Gasteiger partial charge on any atom is -0.444 e. The average Bonchev–Trinajstić information content (AvgIpc) is 2.84. The number of halogens is 1. The van der Waals surface area contributed by atoms with Gasteiger partial charge in [0.25, 0.3) is 0 Å². The number of likely N-dealkylation sites (tertiary alicyclic amines) is 1. The molecule has 1 aliphatic rings. The number of hydrogen-bond acceptors (Lipinski definition) is 4. The van der Waals surface area contributed by atoms with Crippen molar-refractivity contribution in [2.45, 2.75) is 52.6 Å². The number of carbonyl (C=O) groups excluding carboxylic acids is 2. The Balaban J connectivity index is 1.77. The third-order valence-corrected chi connectivity index (χ3v) is 5.07. The van der Waals surface area contributed by atoms with Crippen molar-refractivity contribution in [3.63, 3.8) is 0 Å². The highest BCUT2D eigenvalue weighted by Gasteiger charge is 2.27. The van der Waals surface area contributed by atoms with Crippen LogP contribution in [0.4, 0.5) is 4.79 Å². The van der Waals surface area contributed by atoms with Gasteiger partial charge in [-0.1, -0.05) is 11.6 Å². The summed E-state index contributed by atoms with van der Waals surface area (Å²) < 4.78 is 7.03. The van der Waals surface area contributed by atoms with Gasteiger partial charge in [-0.2, -0.15) is 5.10 Å². The number of aryl methyl sites for hydroxylation is 2. The zero-order valence-corrected chi connectivity index (χ0v) is 18.2. The number of rotatable bonds is 5. The van der Waals surface area contributed by atoms with Crippen molar-refractivity contribution in [1.82, 2.24) is 20.0 Å². The lowest BCUT2D eigenvalue weighted by atomic mass is 9.95. The summed E-state index contributed by atoms with van der Waals surface area (Å²) in [6.45, 7) is 9.43. The summed E-state index contributed by atoms with van der Waals surface area (Å²) in [7, 11) is 1.76. The quantitative estimate of drug-likeness (QED) is 0.753. The molecule has 0 aromatic carbocycles. The first kappa shape index (κ1) is 22.3. The first-order valence-electron chi connectivity index (χ1n) is 9.69. The number of nitrogens with zero attached hydrogens (tertiary/aromatic N) is 3. The lowest BCUT2D eigenvalue weighted by Crippen LogP contribution is -2.43. The fourth-order valence-electron chi connectivity index (χ4n) is 3.25. The van der Waals surface area contributed by atoms with Crippen molar-refractivity contribution in [2.75, 3.05) is 19.6 Å². The molecule has 8 heteroatoms. The molecule has 0 bridgehead atoms. The minimum atomic E-state index is -0.486. The standard InChI is InChI=1S/C20H31ClN4O3/c1-14-16(18(21)24(5)23-14)8-9-17(26)22-11-10-15-7-6-12-25(13-15)19(27)28-20(2,3)4/h8-9,15H,6-7,10-13H2,1-5H3,(H,22,26). The Hall–Kier alpha value is -2.02. The molecule has 1 N–H and O–H groups in total. The smallest absolute Gasteiger partial charge is 0.410 e. The Morgan fingerprint density at radius 3 is 2.71 bits per heavy atom. The van der Waals surface area contributed by atoms with E-state index >= 15 is 0 Å². The molecule has 0 radical (unpaired) electrons. The van der Waals surface area contributed by atoms with Crippen LogP contribution < -0.4 is 5.32 Å². The molecule has 2 heterocycles. The van der Waals surface area contributed by atoms with Crippen LogP contribution in [0.3, 0.4) is 0 Å². The van der Waals surface area contributed by atoms with E-state index in [9.17, 15) is 9.59 Å². The minimum absolute atomic E-state index is 0.167. The molecular formula is C20H31ClN4O3. The van der Waals surface area contributed by atoms with Gasteiger partial charge in [-0.05, 0) is 59.0 Å². The summed E-state index contributed by atoms with van der Waals surface area (Å²) in [5.41, 5.74) is 1.04. The summed E-state index contributed by atoms with van der Waals surface area (Å²) in [4.78, 5) is 26.1. The predicted octanol–water partition coefficient (Wildman–Crippen LogP) is 3.55. The summed E-state index contributed by atoms with van der Waals surface area (Å²) in [5.74, 6) is 0.194. The number of carbonyl (C=O) groups is 2. The maximum Gasteiger partial charge on any atom is 0.410 e. The topological polar surface area (TPSA) is 76.5 Å². The van der Waals surface area contributed by atoms with E-state index in [1.54, 1.807) is 22.7 Å². The van der Waals surface area contributed by atoms with E-state index in [0.717, 1.165) is 37.1 Å². The van der Waals surface area contributed by atoms with Crippen molar-refractivity contribution in [2.24, 2.45) is 13.0 Å². The Labute approximate surface area is 172 Å². The second-order valence-electron chi connectivity index (χ2n) is 8.26. The molecule has 28 heavy (non-hydrogen) atoms. The second kappa shape index (κ2) is 9.45. The second-order valence-corrected chi connectivity index (χ2v) is 8.62. The van der Waals surface area contributed by atoms with Gasteiger partial charge in [-0.3, -0.25) is 9.48 Å². The molecule has 2 rings (SSSR count). The SMILES string of the molecule is Cc1nn(C)c(Cl)c1C=CC(=O)NCCC1CCCN(C(=O)OC(C)(C)C)C1. The van der Waals surface area contributed by atoms with Crippen molar-refractivity contribution in [3.05, 3.63) is 22.5 Å². The van der Waals surface area contributed by atoms with Crippen LogP contribution in [0, 0.1) is 12.8 Å². The van der Waals surface area contributed by atoms with Crippen molar-refractivity contribution < 1.29 is 14.3 Å². The predicted molar refractivity (Wildman–Crippen MR) is 110 cm³/mol. The average molecular weight is 411 g/mol. The summed E-state index contributed by atoms with van der Waals surface area (Å²) in [5, 5.41) is 7.62. The van der Waals surface area contributed by atoms with Gasteiger partial charge in [0.05, 0.1) is 5.69 Å². The van der Waals surface area contributed by atoms with Crippen LogP contribution in [0.2, 0.25) is 5.15 Å². The van der Waals surface area contributed by atoms with Gasteiger partial charge < -0.3 is 15.0 Å². The number of ether oxygens (including phenoxy) is 1. The number of hydrogen-bond donors (Lipinski definition) is 1. The first-order chi connectivity index (χ1) is 13.1. The van der Waals surface area contributed by atoms with Gasteiger partial charge in [0, 0.05) is 38.3 Å². The lowest BCUT2D eigenvalue weighted by molar-refractivity contribution is -0.116. The monoisotopic (exact) mass is 410 g/mol. The molecule has 7 nitrogen and oxygen atoms in total. The fraction of sp³-hybridized carbons (Fsp3) is 0.650. The van der Waals surface area contributed by atoms with E-state index in [1.807, 2.05) is 27.7 Å². The first-order valence-corrected chi connectivity index (χ1v) is 10.1. The van der Waals surface area contributed by atoms with Crippen molar-refractivity contribution in [1.29, 1.82) is 0 Å². The molecule has 1 atom stereocenters. The van der Waals surface area contributed by atoms with Crippen LogP contribution in [0.15, 0.2) is 6.08 Å². The molecule has 156 valence electrons. The molecule has 1 aromatic rings.